The van der Waals surface area contributed by atoms with E-state index in [1.54, 1.807) is 26.4 Å². The molecule has 4 heterocycles. The van der Waals surface area contributed by atoms with Gasteiger partial charge < -0.3 is 23.7 Å². The van der Waals surface area contributed by atoms with Gasteiger partial charge in [-0.15, -0.1) is 0 Å². The molecule has 208 valence electrons. The molecular weight excluding hydrogens is 530 g/mol. The molecule has 2 amide bonds. The minimum Gasteiger partial charge on any atom is -0.508 e. The molecule has 1 aliphatic carbocycles. The van der Waals surface area contributed by atoms with Crippen molar-refractivity contribution in [2.24, 2.45) is 0 Å². The molecule has 0 radical (unpaired) electrons. The maximum absolute atomic E-state index is 14.5. The normalized spacial score (nSPS) is 19.1. The number of nitrogens with zero attached hydrogens (tertiary/aromatic N) is 3. The molecule has 3 aliphatic rings. The average molecular weight is 558 g/mol. The second-order valence-electron chi connectivity index (χ2n) is 11.7. The van der Waals surface area contributed by atoms with Crippen LogP contribution < -0.4 is 9.47 Å². The van der Waals surface area contributed by atoms with Crippen molar-refractivity contribution in [1.82, 2.24) is 14.0 Å². The topological polar surface area (TPSA) is 85.9 Å². The minimum atomic E-state index is -0.312. The monoisotopic (exact) mass is 557 g/mol. The number of aromatic hydroxyl groups is 1. The van der Waals surface area contributed by atoms with Gasteiger partial charge in [0.25, 0.3) is 11.8 Å². The summed E-state index contributed by atoms with van der Waals surface area (Å²) in [7, 11) is 3.25. The first-order chi connectivity index (χ1) is 20.5. The highest BCUT2D eigenvalue weighted by Gasteiger charge is 2.45. The van der Waals surface area contributed by atoms with Crippen LogP contribution in [0.15, 0.2) is 60.7 Å². The summed E-state index contributed by atoms with van der Waals surface area (Å²) in [5, 5.41) is 13.9. The van der Waals surface area contributed by atoms with Crippen molar-refractivity contribution in [2.45, 2.75) is 37.9 Å². The molecule has 9 rings (SSSR count). The fourth-order valence-electron chi connectivity index (χ4n) is 7.95. The van der Waals surface area contributed by atoms with Gasteiger partial charge in [0.1, 0.15) is 17.2 Å². The molecule has 0 spiro atoms. The molecule has 2 bridgehead atoms. The Balaban J connectivity index is 1.44. The number of hydrogen-bond donors (Lipinski definition) is 1. The Hall–Kier alpha value is -4.98. The summed E-state index contributed by atoms with van der Waals surface area (Å²) in [5.41, 5.74) is 5.68. The van der Waals surface area contributed by atoms with E-state index in [-0.39, 0.29) is 36.2 Å². The van der Waals surface area contributed by atoms with Gasteiger partial charge >= 0.3 is 0 Å². The second kappa shape index (κ2) is 8.06. The van der Waals surface area contributed by atoms with Crippen molar-refractivity contribution >= 4 is 55.4 Å². The van der Waals surface area contributed by atoms with Gasteiger partial charge in [-0.1, -0.05) is 12.1 Å². The standard InChI is InChI=1S/C34H27N3O5/c1-41-21-8-3-17(4-9-21)16-35-33(39)29-27-23-14-20(38)7-11-25(23)36-18-5-6-19(13-18)37-26-12-10-22(42-2)15-24(26)28(30(29)34(35)40)32(37)31(27)36/h3-4,7-12,14-15,18-19,38H,5-6,13,16H2,1-2H3/t18-,19?/m1/s1. The Kier molecular flexibility index (Phi) is 4.55. The molecule has 8 heteroatoms. The summed E-state index contributed by atoms with van der Waals surface area (Å²) in [6, 6.07) is 19.4. The van der Waals surface area contributed by atoms with Crippen molar-refractivity contribution in [3.8, 4) is 17.2 Å². The number of imide groups is 1. The van der Waals surface area contributed by atoms with Crippen LogP contribution in [0.3, 0.4) is 0 Å². The Morgan fingerprint density at radius 2 is 1.29 bits per heavy atom. The smallest absolute Gasteiger partial charge is 0.262 e. The van der Waals surface area contributed by atoms with Crippen LogP contribution in [0.5, 0.6) is 17.2 Å². The number of phenols is 1. The molecule has 2 atom stereocenters. The lowest BCUT2D eigenvalue weighted by atomic mass is 9.96. The van der Waals surface area contributed by atoms with Crippen LogP contribution in [-0.4, -0.2) is 45.2 Å². The van der Waals surface area contributed by atoms with Crippen molar-refractivity contribution in [1.29, 1.82) is 0 Å². The van der Waals surface area contributed by atoms with Crippen LogP contribution >= 0.6 is 0 Å². The zero-order chi connectivity index (χ0) is 28.4. The number of carbonyl (C=O) groups is 2. The SMILES string of the molecule is COc1ccc(CN2C(=O)c3c(c4c5cc(O)ccc5n5c4c4c3c3cc(OC)ccc3n4C3CC[C@@H]5C3)C2=O)cc1. The Morgan fingerprint density at radius 1 is 0.738 bits per heavy atom. The summed E-state index contributed by atoms with van der Waals surface area (Å²) >= 11 is 0. The van der Waals surface area contributed by atoms with Gasteiger partial charge in [0, 0.05) is 44.7 Å². The first-order valence-electron chi connectivity index (χ1n) is 14.3. The third-order valence-corrected chi connectivity index (χ3v) is 9.70. The summed E-state index contributed by atoms with van der Waals surface area (Å²) < 4.78 is 15.7. The van der Waals surface area contributed by atoms with E-state index in [0.29, 0.717) is 22.6 Å². The van der Waals surface area contributed by atoms with Crippen LogP contribution in [0.1, 0.15) is 57.6 Å². The minimum absolute atomic E-state index is 0.133. The molecule has 0 saturated heterocycles. The third kappa shape index (κ3) is 2.81. The number of amides is 2. The van der Waals surface area contributed by atoms with Crippen LogP contribution in [-0.2, 0) is 6.54 Å². The van der Waals surface area contributed by atoms with Crippen LogP contribution in [0.2, 0.25) is 0 Å². The largest absolute Gasteiger partial charge is 0.508 e. The molecule has 2 aliphatic heterocycles. The maximum Gasteiger partial charge on any atom is 0.262 e. The number of rotatable bonds is 4. The molecule has 8 nitrogen and oxygen atoms in total. The van der Waals surface area contributed by atoms with Crippen molar-refractivity contribution in [3.05, 3.63) is 77.4 Å². The number of benzene rings is 4. The van der Waals surface area contributed by atoms with Gasteiger partial charge in [-0.2, -0.15) is 0 Å². The molecule has 6 aromatic rings. The number of hydrogen-bond acceptors (Lipinski definition) is 5. The van der Waals surface area contributed by atoms with E-state index in [0.717, 1.165) is 68.4 Å². The molecule has 2 aromatic heterocycles. The van der Waals surface area contributed by atoms with E-state index >= 15 is 0 Å². The fourth-order valence-corrected chi connectivity index (χ4v) is 7.95. The van der Waals surface area contributed by atoms with Crippen molar-refractivity contribution in [2.75, 3.05) is 14.2 Å². The first kappa shape index (κ1) is 23.7. The Labute approximate surface area is 240 Å². The average Bonchev–Trinajstić information content (AvgIpc) is 3.72. The van der Waals surface area contributed by atoms with Gasteiger partial charge in [0.2, 0.25) is 0 Å². The van der Waals surface area contributed by atoms with E-state index in [2.05, 4.69) is 15.2 Å². The molecule has 1 N–H and O–H groups in total. The highest BCUT2D eigenvalue weighted by Crippen LogP contribution is 2.54. The predicted molar refractivity (Wildman–Crippen MR) is 160 cm³/mol. The first-order valence-corrected chi connectivity index (χ1v) is 14.3. The summed E-state index contributed by atoms with van der Waals surface area (Å²) in [4.78, 5) is 30.3. The zero-order valence-electron chi connectivity index (χ0n) is 23.2. The lowest BCUT2D eigenvalue weighted by Crippen LogP contribution is -2.29. The van der Waals surface area contributed by atoms with Crippen LogP contribution in [0.25, 0.3) is 43.6 Å². The highest BCUT2D eigenvalue weighted by molar-refractivity contribution is 6.39. The Bertz CT molecular complexity index is 2190. The fraction of sp³-hybridized carbons (Fsp3) is 0.235. The van der Waals surface area contributed by atoms with Crippen LogP contribution in [0.4, 0.5) is 0 Å². The number of fused-ring (bicyclic) bond motifs is 13. The second-order valence-corrected chi connectivity index (χ2v) is 11.7. The molecule has 1 saturated carbocycles. The quantitative estimate of drug-likeness (QED) is 0.244. The predicted octanol–water partition coefficient (Wildman–Crippen LogP) is 6.70. The summed E-state index contributed by atoms with van der Waals surface area (Å²) in [5.74, 6) is 0.935. The number of methoxy groups -OCH3 is 2. The van der Waals surface area contributed by atoms with E-state index in [9.17, 15) is 14.7 Å². The summed E-state index contributed by atoms with van der Waals surface area (Å²) in [6.07, 6.45) is 3.02. The molecule has 42 heavy (non-hydrogen) atoms. The molecular formula is C34H27N3O5. The summed E-state index contributed by atoms with van der Waals surface area (Å²) in [6.45, 7) is 0.149. The molecule has 1 unspecified atom stereocenters. The van der Waals surface area contributed by atoms with Gasteiger partial charge in [-0.05, 0) is 73.4 Å². The number of aromatic nitrogens is 2. The van der Waals surface area contributed by atoms with Gasteiger partial charge in [0.15, 0.2) is 0 Å². The van der Waals surface area contributed by atoms with Crippen molar-refractivity contribution in [3.63, 3.8) is 0 Å². The number of carbonyl (C=O) groups excluding carboxylic acids is 2. The third-order valence-electron chi connectivity index (χ3n) is 9.70. The number of ether oxygens (including phenoxy) is 2. The number of phenolic OH excluding ortho intramolecular Hbond substituents is 1. The van der Waals surface area contributed by atoms with Crippen LogP contribution in [0, 0.1) is 0 Å². The lowest BCUT2D eigenvalue weighted by molar-refractivity contribution is 0.0643. The lowest BCUT2D eigenvalue weighted by Gasteiger charge is -2.16. The molecule has 4 aromatic carbocycles. The van der Waals surface area contributed by atoms with E-state index in [4.69, 9.17) is 9.47 Å². The van der Waals surface area contributed by atoms with E-state index < -0.39 is 0 Å². The van der Waals surface area contributed by atoms with Gasteiger partial charge in [0.05, 0.1) is 42.9 Å². The zero-order valence-corrected chi connectivity index (χ0v) is 23.2. The van der Waals surface area contributed by atoms with E-state index in [1.807, 2.05) is 42.5 Å². The van der Waals surface area contributed by atoms with Gasteiger partial charge in [-0.25, -0.2) is 0 Å². The highest BCUT2D eigenvalue weighted by atomic mass is 16.5. The van der Waals surface area contributed by atoms with Gasteiger partial charge in [-0.3, -0.25) is 14.5 Å². The Morgan fingerprint density at radius 3 is 1.88 bits per heavy atom. The molecule has 1 fully saturated rings. The van der Waals surface area contributed by atoms with Crippen molar-refractivity contribution < 1.29 is 24.2 Å². The van der Waals surface area contributed by atoms with E-state index in [1.165, 1.54) is 4.90 Å². The maximum atomic E-state index is 14.5.